The molecule has 0 radical (unpaired) electrons. The molecule has 18 heavy (non-hydrogen) atoms. The number of ether oxygens (including phenoxy) is 3. The molecule has 98 valence electrons. The molecule has 0 heterocycles. The molecule has 1 aromatic rings. The topological polar surface area (TPSA) is 51.5 Å². The van der Waals surface area contributed by atoms with Gasteiger partial charge in [-0.25, -0.2) is 0 Å². The number of benzene rings is 1. The molecule has 0 aliphatic rings. The second kappa shape index (κ2) is 7.70. The molecule has 0 bridgehead atoms. The number of methoxy groups -OCH3 is 1. The lowest BCUT2D eigenvalue weighted by atomic mass is 10.1. The minimum atomic E-state index is 0.0143. The fourth-order valence-corrected chi connectivity index (χ4v) is 1.52. The summed E-state index contributed by atoms with van der Waals surface area (Å²) in [5.74, 6) is 0.734. The van der Waals surface area contributed by atoms with Crippen LogP contribution in [-0.4, -0.2) is 26.4 Å². The van der Waals surface area contributed by atoms with Gasteiger partial charge >= 0.3 is 0 Å². The number of nitrogens with zero attached hydrogens (tertiary/aromatic N) is 1. The van der Waals surface area contributed by atoms with Crippen LogP contribution in [0.1, 0.15) is 25.0 Å². The van der Waals surface area contributed by atoms with E-state index in [9.17, 15) is 0 Å². The minimum absolute atomic E-state index is 0.0143. The van der Waals surface area contributed by atoms with Gasteiger partial charge in [-0.1, -0.05) is 0 Å². The second-order valence-corrected chi connectivity index (χ2v) is 3.92. The minimum Gasteiger partial charge on any atom is -0.496 e. The van der Waals surface area contributed by atoms with Crippen LogP contribution in [0.2, 0.25) is 0 Å². The highest BCUT2D eigenvalue weighted by Crippen LogP contribution is 2.21. The molecule has 1 rings (SSSR count). The lowest BCUT2D eigenvalue weighted by molar-refractivity contribution is -0.0121. The van der Waals surface area contributed by atoms with Crippen LogP contribution in [0.15, 0.2) is 18.2 Å². The number of nitriles is 1. The Hall–Kier alpha value is -1.57. The normalized spacial score (nSPS) is 11.9. The molecule has 0 N–H and O–H groups in total. The van der Waals surface area contributed by atoms with Crippen molar-refractivity contribution in [3.63, 3.8) is 0 Å². The summed E-state index contributed by atoms with van der Waals surface area (Å²) in [6.45, 7) is 5.56. The van der Waals surface area contributed by atoms with E-state index in [1.165, 1.54) is 0 Å². The summed E-state index contributed by atoms with van der Waals surface area (Å²) in [6, 6.07) is 7.40. The highest BCUT2D eigenvalue weighted by Gasteiger charge is 2.08. The van der Waals surface area contributed by atoms with E-state index in [-0.39, 0.29) is 6.10 Å². The van der Waals surface area contributed by atoms with E-state index in [0.717, 1.165) is 11.3 Å². The molecule has 4 heteroatoms. The summed E-state index contributed by atoms with van der Waals surface area (Å²) in [6.07, 6.45) is 0.0143. The van der Waals surface area contributed by atoms with E-state index in [1.54, 1.807) is 25.3 Å². The Balaban J connectivity index is 2.62. The van der Waals surface area contributed by atoms with Crippen LogP contribution in [0.4, 0.5) is 0 Å². The first-order valence-corrected chi connectivity index (χ1v) is 5.97. The van der Waals surface area contributed by atoms with Crippen LogP contribution in [0.3, 0.4) is 0 Å². The van der Waals surface area contributed by atoms with Gasteiger partial charge in [-0.05, 0) is 32.0 Å². The van der Waals surface area contributed by atoms with Crippen molar-refractivity contribution >= 4 is 0 Å². The van der Waals surface area contributed by atoms with Gasteiger partial charge in [-0.3, -0.25) is 0 Å². The Labute approximate surface area is 108 Å². The lowest BCUT2D eigenvalue weighted by Gasteiger charge is -2.14. The first kappa shape index (κ1) is 14.5. The third-order valence-corrected chi connectivity index (χ3v) is 2.49. The fraction of sp³-hybridized carbons (Fsp3) is 0.500. The highest BCUT2D eigenvalue weighted by atomic mass is 16.5. The Morgan fingerprint density at radius 3 is 2.78 bits per heavy atom. The van der Waals surface area contributed by atoms with Crippen molar-refractivity contribution in [3.05, 3.63) is 29.3 Å². The standard InChI is InChI=1S/C14H19NO3/c1-4-17-9-11(2)18-10-13-7-12(8-15)5-6-14(13)16-3/h5-7,11H,4,9-10H2,1-3H3. The Morgan fingerprint density at radius 2 is 2.17 bits per heavy atom. The Bertz CT molecular complexity index is 412. The summed E-state index contributed by atoms with van der Waals surface area (Å²) in [4.78, 5) is 0. The predicted molar refractivity (Wildman–Crippen MR) is 68.5 cm³/mol. The maximum absolute atomic E-state index is 8.87. The monoisotopic (exact) mass is 249 g/mol. The van der Waals surface area contributed by atoms with E-state index >= 15 is 0 Å². The summed E-state index contributed by atoms with van der Waals surface area (Å²) in [5, 5.41) is 8.87. The molecule has 0 saturated carbocycles. The van der Waals surface area contributed by atoms with Crippen LogP contribution >= 0.6 is 0 Å². The van der Waals surface area contributed by atoms with Crippen molar-refractivity contribution in [2.75, 3.05) is 20.3 Å². The van der Waals surface area contributed by atoms with Gasteiger partial charge in [0, 0.05) is 12.2 Å². The van der Waals surface area contributed by atoms with Gasteiger partial charge in [-0.15, -0.1) is 0 Å². The van der Waals surface area contributed by atoms with Crippen molar-refractivity contribution in [1.82, 2.24) is 0 Å². The summed E-state index contributed by atoms with van der Waals surface area (Å²) >= 11 is 0. The van der Waals surface area contributed by atoms with Crippen LogP contribution in [0, 0.1) is 11.3 Å². The number of hydrogen-bond acceptors (Lipinski definition) is 4. The smallest absolute Gasteiger partial charge is 0.124 e. The van der Waals surface area contributed by atoms with Gasteiger partial charge in [0.2, 0.25) is 0 Å². The molecule has 1 unspecified atom stereocenters. The molecule has 0 saturated heterocycles. The van der Waals surface area contributed by atoms with Crippen molar-refractivity contribution in [2.45, 2.75) is 26.6 Å². The average Bonchev–Trinajstić information content (AvgIpc) is 2.42. The van der Waals surface area contributed by atoms with Gasteiger partial charge < -0.3 is 14.2 Å². The predicted octanol–water partition coefficient (Wildman–Crippen LogP) is 2.51. The third-order valence-electron chi connectivity index (χ3n) is 2.49. The molecule has 0 aliphatic heterocycles. The van der Waals surface area contributed by atoms with Gasteiger partial charge in [0.05, 0.1) is 38.1 Å². The van der Waals surface area contributed by atoms with E-state index in [2.05, 4.69) is 6.07 Å². The molecule has 0 spiro atoms. The third kappa shape index (κ3) is 4.36. The first-order valence-electron chi connectivity index (χ1n) is 5.97. The van der Waals surface area contributed by atoms with E-state index < -0.39 is 0 Å². The van der Waals surface area contributed by atoms with Crippen molar-refractivity contribution in [1.29, 1.82) is 5.26 Å². The number of hydrogen-bond donors (Lipinski definition) is 0. The van der Waals surface area contributed by atoms with E-state index in [4.69, 9.17) is 19.5 Å². The van der Waals surface area contributed by atoms with Crippen LogP contribution < -0.4 is 4.74 Å². The van der Waals surface area contributed by atoms with Crippen LogP contribution in [-0.2, 0) is 16.1 Å². The molecule has 4 nitrogen and oxygen atoms in total. The molecular formula is C14H19NO3. The lowest BCUT2D eigenvalue weighted by Crippen LogP contribution is -2.16. The largest absolute Gasteiger partial charge is 0.496 e. The zero-order chi connectivity index (χ0) is 13.4. The number of rotatable bonds is 7. The average molecular weight is 249 g/mol. The summed E-state index contributed by atoms with van der Waals surface area (Å²) in [5.41, 5.74) is 1.48. The van der Waals surface area contributed by atoms with Crippen molar-refractivity contribution in [2.24, 2.45) is 0 Å². The Morgan fingerprint density at radius 1 is 1.39 bits per heavy atom. The zero-order valence-electron chi connectivity index (χ0n) is 11.1. The maximum atomic E-state index is 8.87. The molecule has 0 amide bonds. The first-order chi connectivity index (χ1) is 8.71. The molecular weight excluding hydrogens is 230 g/mol. The fourth-order valence-electron chi connectivity index (χ4n) is 1.52. The maximum Gasteiger partial charge on any atom is 0.124 e. The molecule has 0 aliphatic carbocycles. The van der Waals surface area contributed by atoms with Gasteiger partial charge in [0.15, 0.2) is 0 Å². The van der Waals surface area contributed by atoms with Gasteiger partial charge in [0.25, 0.3) is 0 Å². The molecule has 1 aromatic carbocycles. The van der Waals surface area contributed by atoms with Gasteiger partial charge in [-0.2, -0.15) is 5.26 Å². The van der Waals surface area contributed by atoms with Gasteiger partial charge in [0.1, 0.15) is 5.75 Å². The highest BCUT2D eigenvalue weighted by molar-refractivity contribution is 5.41. The quantitative estimate of drug-likeness (QED) is 0.745. The van der Waals surface area contributed by atoms with Crippen LogP contribution in [0.5, 0.6) is 5.75 Å². The van der Waals surface area contributed by atoms with Crippen LogP contribution in [0.25, 0.3) is 0 Å². The van der Waals surface area contributed by atoms with E-state index in [0.29, 0.717) is 25.4 Å². The Kier molecular flexibility index (Phi) is 6.20. The second-order valence-electron chi connectivity index (χ2n) is 3.92. The molecule has 0 fully saturated rings. The summed E-state index contributed by atoms with van der Waals surface area (Å²) in [7, 11) is 1.61. The summed E-state index contributed by atoms with van der Waals surface area (Å²) < 4.78 is 16.2. The molecule has 1 atom stereocenters. The van der Waals surface area contributed by atoms with Crippen molar-refractivity contribution in [3.8, 4) is 11.8 Å². The SMILES string of the molecule is CCOCC(C)OCc1cc(C#N)ccc1OC. The van der Waals surface area contributed by atoms with E-state index in [1.807, 2.05) is 13.8 Å². The zero-order valence-corrected chi connectivity index (χ0v) is 11.1. The van der Waals surface area contributed by atoms with Crippen molar-refractivity contribution < 1.29 is 14.2 Å². The molecule has 0 aromatic heterocycles.